The SMILES string of the molecule is CCC(Oc1ccccc1)C(=O)Nc1ccc(C(=O)N(C)c2ccccc2)cc1. The van der Waals surface area contributed by atoms with Crippen LogP contribution in [-0.4, -0.2) is 25.0 Å². The second kappa shape index (κ2) is 9.55. The van der Waals surface area contributed by atoms with Crippen molar-refractivity contribution in [3.8, 4) is 5.75 Å². The second-order valence-electron chi connectivity index (χ2n) is 6.59. The van der Waals surface area contributed by atoms with Gasteiger partial charge in [0.1, 0.15) is 5.75 Å². The van der Waals surface area contributed by atoms with Crippen LogP contribution in [0.3, 0.4) is 0 Å². The molecule has 0 aliphatic rings. The van der Waals surface area contributed by atoms with Crippen molar-refractivity contribution in [3.63, 3.8) is 0 Å². The minimum absolute atomic E-state index is 0.118. The van der Waals surface area contributed by atoms with Gasteiger partial charge in [0.05, 0.1) is 0 Å². The van der Waals surface area contributed by atoms with Gasteiger partial charge < -0.3 is 15.0 Å². The molecule has 0 fully saturated rings. The Bertz CT molecular complexity index is 941. The van der Waals surface area contributed by atoms with Gasteiger partial charge in [-0.15, -0.1) is 0 Å². The molecule has 5 heteroatoms. The lowest BCUT2D eigenvalue weighted by molar-refractivity contribution is -0.122. The molecule has 0 bridgehead atoms. The molecule has 3 aromatic rings. The maximum absolute atomic E-state index is 12.7. The molecule has 1 N–H and O–H groups in total. The molecule has 0 aromatic heterocycles. The number of carbonyl (C=O) groups is 2. The molecule has 3 rings (SSSR count). The number of para-hydroxylation sites is 2. The molecule has 0 saturated carbocycles. The zero-order valence-electron chi connectivity index (χ0n) is 16.5. The minimum atomic E-state index is -0.595. The fraction of sp³-hybridized carbons (Fsp3) is 0.167. The number of nitrogens with zero attached hydrogens (tertiary/aromatic N) is 1. The van der Waals surface area contributed by atoms with Crippen LogP contribution in [0.2, 0.25) is 0 Å². The molecule has 29 heavy (non-hydrogen) atoms. The largest absolute Gasteiger partial charge is 0.481 e. The van der Waals surface area contributed by atoms with Crippen molar-refractivity contribution in [2.24, 2.45) is 0 Å². The first kappa shape index (κ1) is 20.1. The molecule has 0 radical (unpaired) electrons. The molecule has 148 valence electrons. The lowest BCUT2D eigenvalue weighted by atomic mass is 10.1. The zero-order valence-corrected chi connectivity index (χ0v) is 16.5. The van der Waals surface area contributed by atoms with Crippen LogP contribution < -0.4 is 15.0 Å². The normalized spacial score (nSPS) is 11.4. The van der Waals surface area contributed by atoms with Gasteiger partial charge in [-0.05, 0) is 55.0 Å². The highest BCUT2D eigenvalue weighted by Crippen LogP contribution is 2.18. The number of nitrogens with one attached hydrogen (secondary N) is 1. The van der Waals surface area contributed by atoms with Gasteiger partial charge in [0.2, 0.25) is 0 Å². The topological polar surface area (TPSA) is 58.6 Å². The third-order valence-electron chi connectivity index (χ3n) is 4.53. The summed E-state index contributed by atoms with van der Waals surface area (Å²) in [5.74, 6) is 0.309. The third-order valence-corrected chi connectivity index (χ3v) is 4.53. The van der Waals surface area contributed by atoms with Crippen LogP contribution in [0.4, 0.5) is 11.4 Å². The van der Waals surface area contributed by atoms with Gasteiger partial charge in [-0.3, -0.25) is 9.59 Å². The van der Waals surface area contributed by atoms with Crippen molar-refractivity contribution in [2.75, 3.05) is 17.3 Å². The van der Waals surface area contributed by atoms with E-state index in [-0.39, 0.29) is 11.8 Å². The zero-order chi connectivity index (χ0) is 20.6. The quantitative estimate of drug-likeness (QED) is 0.635. The van der Waals surface area contributed by atoms with Gasteiger partial charge in [0.25, 0.3) is 11.8 Å². The van der Waals surface area contributed by atoms with Gasteiger partial charge in [-0.1, -0.05) is 43.3 Å². The summed E-state index contributed by atoms with van der Waals surface area (Å²) in [6, 6.07) is 25.6. The van der Waals surface area contributed by atoms with Crippen molar-refractivity contribution < 1.29 is 14.3 Å². The number of ether oxygens (including phenoxy) is 1. The molecular weight excluding hydrogens is 364 g/mol. The molecule has 1 atom stereocenters. The van der Waals surface area contributed by atoms with E-state index in [1.165, 1.54) is 0 Å². The van der Waals surface area contributed by atoms with Crippen LogP contribution in [0, 0.1) is 0 Å². The predicted molar refractivity (Wildman–Crippen MR) is 115 cm³/mol. The summed E-state index contributed by atoms with van der Waals surface area (Å²) in [5, 5.41) is 2.85. The first-order valence-corrected chi connectivity index (χ1v) is 9.54. The Labute approximate surface area is 170 Å². The minimum Gasteiger partial charge on any atom is -0.481 e. The number of anilines is 2. The van der Waals surface area contributed by atoms with E-state index in [2.05, 4.69) is 5.32 Å². The van der Waals surface area contributed by atoms with Crippen molar-refractivity contribution in [2.45, 2.75) is 19.4 Å². The average Bonchev–Trinajstić information content (AvgIpc) is 2.78. The number of carbonyl (C=O) groups excluding carboxylic acids is 2. The van der Waals surface area contributed by atoms with Gasteiger partial charge in [-0.25, -0.2) is 0 Å². The first-order chi connectivity index (χ1) is 14.1. The monoisotopic (exact) mass is 388 g/mol. The Hall–Kier alpha value is -3.60. The summed E-state index contributed by atoms with van der Waals surface area (Å²) >= 11 is 0. The maximum atomic E-state index is 12.7. The Morgan fingerprint density at radius 1 is 0.897 bits per heavy atom. The highest BCUT2D eigenvalue weighted by Gasteiger charge is 2.19. The van der Waals surface area contributed by atoms with E-state index in [1.807, 2.05) is 67.6 Å². The number of rotatable bonds is 7. The van der Waals surface area contributed by atoms with Crippen molar-refractivity contribution in [1.29, 1.82) is 0 Å². The van der Waals surface area contributed by atoms with E-state index >= 15 is 0 Å². The second-order valence-corrected chi connectivity index (χ2v) is 6.59. The number of hydrogen-bond donors (Lipinski definition) is 1. The third kappa shape index (κ3) is 5.23. The van der Waals surface area contributed by atoms with Crippen LogP contribution in [0.25, 0.3) is 0 Å². The van der Waals surface area contributed by atoms with E-state index < -0.39 is 6.10 Å². The number of benzene rings is 3. The fourth-order valence-corrected chi connectivity index (χ4v) is 2.87. The molecule has 0 aliphatic heterocycles. The summed E-state index contributed by atoms with van der Waals surface area (Å²) < 4.78 is 5.77. The van der Waals surface area contributed by atoms with Gasteiger partial charge in [-0.2, -0.15) is 0 Å². The Morgan fingerprint density at radius 3 is 2.07 bits per heavy atom. The highest BCUT2D eigenvalue weighted by atomic mass is 16.5. The number of hydrogen-bond acceptors (Lipinski definition) is 3. The summed E-state index contributed by atoms with van der Waals surface area (Å²) in [5.41, 5.74) is 1.98. The molecule has 0 heterocycles. The van der Waals surface area contributed by atoms with E-state index in [1.54, 1.807) is 36.2 Å². The maximum Gasteiger partial charge on any atom is 0.265 e. The lowest BCUT2D eigenvalue weighted by Gasteiger charge is -2.18. The molecule has 0 saturated heterocycles. The molecule has 5 nitrogen and oxygen atoms in total. The summed E-state index contributed by atoms with van der Waals surface area (Å²) in [7, 11) is 1.74. The fourth-order valence-electron chi connectivity index (χ4n) is 2.87. The molecule has 1 unspecified atom stereocenters. The van der Waals surface area contributed by atoms with Crippen LogP contribution in [-0.2, 0) is 4.79 Å². The Balaban J connectivity index is 1.63. The van der Waals surface area contributed by atoms with Crippen molar-refractivity contribution in [1.82, 2.24) is 0 Å². The highest BCUT2D eigenvalue weighted by molar-refractivity contribution is 6.06. The van der Waals surface area contributed by atoms with Crippen molar-refractivity contribution >= 4 is 23.2 Å². The Kier molecular flexibility index (Phi) is 6.63. The standard InChI is InChI=1S/C24H24N2O3/c1-3-22(29-21-12-8-5-9-13-21)23(27)25-19-16-14-18(15-17-19)24(28)26(2)20-10-6-4-7-11-20/h4-17,22H,3H2,1-2H3,(H,25,27). The van der Waals surface area contributed by atoms with Crippen LogP contribution in [0.15, 0.2) is 84.9 Å². The van der Waals surface area contributed by atoms with E-state index in [4.69, 9.17) is 4.74 Å². The van der Waals surface area contributed by atoms with Crippen LogP contribution in [0.1, 0.15) is 23.7 Å². The summed E-state index contributed by atoms with van der Waals surface area (Å²) in [6.07, 6.45) is -0.0537. The van der Waals surface area contributed by atoms with E-state index in [0.717, 1.165) is 5.69 Å². The smallest absolute Gasteiger partial charge is 0.265 e. The van der Waals surface area contributed by atoms with Crippen LogP contribution in [0.5, 0.6) is 5.75 Å². The lowest BCUT2D eigenvalue weighted by Crippen LogP contribution is -2.32. The Morgan fingerprint density at radius 2 is 1.48 bits per heavy atom. The molecule has 2 amide bonds. The van der Waals surface area contributed by atoms with E-state index in [9.17, 15) is 9.59 Å². The molecule has 0 aliphatic carbocycles. The van der Waals surface area contributed by atoms with Gasteiger partial charge >= 0.3 is 0 Å². The van der Waals surface area contributed by atoms with E-state index in [0.29, 0.717) is 23.4 Å². The molecule has 3 aromatic carbocycles. The molecular formula is C24H24N2O3. The predicted octanol–water partition coefficient (Wildman–Crippen LogP) is 4.76. The van der Waals surface area contributed by atoms with Crippen LogP contribution >= 0.6 is 0 Å². The van der Waals surface area contributed by atoms with Gasteiger partial charge in [0.15, 0.2) is 6.10 Å². The summed E-state index contributed by atoms with van der Waals surface area (Å²) in [6.45, 7) is 1.90. The van der Waals surface area contributed by atoms with Crippen molar-refractivity contribution in [3.05, 3.63) is 90.5 Å². The molecule has 0 spiro atoms. The number of amides is 2. The summed E-state index contributed by atoms with van der Waals surface area (Å²) in [4.78, 5) is 26.8. The van der Waals surface area contributed by atoms with Gasteiger partial charge in [0, 0.05) is 24.0 Å². The first-order valence-electron chi connectivity index (χ1n) is 9.54. The average molecular weight is 388 g/mol.